The van der Waals surface area contributed by atoms with Crippen molar-refractivity contribution in [1.82, 2.24) is 0 Å². The van der Waals surface area contributed by atoms with E-state index in [0.29, 0.717) is 5.56 Å². The van der Waals surface area contributed by atoms with Gasteiger partial charge in [0, 0.05) is 0 Å². The number of methoxy groups -OCH3 is 1. The summed E-state index contributed by atoms with van der Waals surface area (Å²) in [6, 6.07) is 14.6. The average Bonchev–Trinajstić information content (AvgIpc) is 2.54. The van der Waals surface area contributed by atoms with Gasteiger partial charge in [-0.3, -0.25) is 0 Å². The number of para-hydroxylation sites is 1. The van der Waals surface area contributed by atoms with E-state index < -0.39 is 17.3 Å². The Labute approximate surface area is 122 Å². The van der Waals surface area contributed by atoms with Crippen LogP contribution in [0.15, 0.2) is 54.6 Å². The molecule has 0 saturated heterocycles. The van der Waals surface area contributed by atoms with Crippen molar-refractivity contribution in [3.63, 3.8) is 0 Å². The molecule has 0 amide bonds. The Kier molecular flexibility index (Phi) is 4.55. The van der Waals surface area contributed by atoms with Crippen LogP contribution >= 0.6 is 0 Å². The van der Waals surface area contributed by atoms with Crippen LogP contribution in [0, 0.1) is 5.82 Å². The lowest BCUT2D eigenvalue weighted by Crippen LogP contribution is -2.50. The van der Waals surface area contributed by atoms with E-state index in [1.807, 2.05) is 0 Å². The van der Waals surface area contributed by atoms with Crippen molar-refractivity contribution in [1.29, 1.82) is 0 Å². The van der Waals surface area contributed by atoms with Crippen molar-refractivity contribution in [2.24, 2.45) is 5.73 Å². The lowest BCUT2D eigenvalue weighted by molar-refractivity contribution is -0.148. The van der Waals surface area contributed by atoms with Gasteiger partial charge in [0.15, 0.2) is 17.1 Å². The summed E-state index contributed by atoms with van der Waals surface area (Å²) in [4.78, 5) is 12.0. The monoisotopic (exact) mass is 289 g/mol. The lowest BCUT2D eigenvalue weighted by Gasteiger charge is -2.27. The Bertz CT molecular complexity index is 618. The van der Waals surface area contributed by atoms with Crippen LogP contribution in [0.4, 0.5) is 4.39 Å². The van der Waals surface area contributed by atoms with Crippen molar-refractivity contribution in [2.45, 2.75) is 5.54 Å². The molecule has 2 aromatic rings. The highest BCUT2D eigenvalue weighted by atomic mass is 19.1. The minimum Gasteiger partial charge on any atom is -0.488 e. The molecular formula is C16H16FNO3. The van der Waals surface area contributed by atoms with E-state index in [9.17, 15) is 9.18 Å². The van der Waals surface area contributed by atoms with Gasteiger partial charge in [-0.25, -0.2) is 9.18 Å². The van der Waals surface area contributed by atoms with Gasteiger partial charge in [-0.05, 0) is 17.7 Å². The molecule has 4 nitrogen and oxygen atoms in total. The van der Waals surface area contributed by atoms with Crippen LogP contribution in [-0.2, 0) is 15.1 Å². The molecule has 0 fully saturated rings. The van der Waals surface area contributed by atoms with E-state index in [4.69, 9.17) is 15.2 Å². The first kappa shape index (κ1) is 15.0. The van der Waals surface area contributed by atoms with E-state index in [0.717, 1.165) is 0 Å². The van der Waals surface area contributed by atoms with E-state index in [-0.39, 0.29) is 12.4 Å². The number of ether oxygens (including phenoxy) is 2. The summed E-state index contributed by atoms with van der Waals surface area (Å²) in [5, 5.41) is 0. The van der Waals surface area contributed by atoms with Gasteiger partial charge in [-0.2, -0.15) is 0 Å². The zero-order chi connectivity index (χ0) is 15.3. The molecule has 0 aromatic heterocycles. The first-order valence-electron chi connectivity index (χ1n) is 6.38. The summed E-state index contributed by atoms with van der Waals surface area (Å²) in [6.07, 6.45) is 0. The van der Waals surface area contributed by atoms with Gasteiger partial charge >= 0.3 is 5.97 Å². The number of benzene rings is 2. The van der Waals surface area contributed by atoms with Crippen LogP contribution in [0.1, 0.15) is 5.56 Å². The minimum atomic E-state index is -1.50. The molecule has 0 aliphatic carbocycles. The molecule has 2 aromatic carbocycles. The van der Waals surface area contributed by atoms with Crippen LogP contribution in [0.3, 0.4) is 0 Å². The quantitative estimate of drug-likeness (QED) is 0.857. The van der Waals surface area contributed by atoms with Crippen molar-refractivity contribution in [3.05, 3.63) is 66.0 Å². The highest BCUT2D eigenvalue weighted by Gasteiger charge is 2.38. The maximum atomic E-state index is 13.6. The predicted octanol–water partition coefficient (Wildman–Crippen LogP) is 2.23. The fourth-order valence-electron chi connectivity index (χ4n) is 1.93. The summed E-state index contributed by atoms with van der Waals surface area (Å²) in [6.45, 7) is -0.232. The first-order chi connectivity index (χ1) is 10.1. The maximum Gasteiger partial charge on any atom is 0.334 e. The van der Waals surface area contributed by atoms with Gasteiger partial charge in [0.05, 0.1) is 7.11 Å². The Hall–Kier alpha value is -2.40. The molecule has 21 heavy (non-hydrogen) atoms. The second-order valence-electron chi connectivity index (χ2n) is 4.55. The number of hydrogen-bond donors (Lipinski definition) is 1. The SMILES string of the molecule is COC(=O)C(N)(COc1ccccc1F)c1ccccc1. The molecule has 1 unspecified atom stereocenters. The van der Waals surface area contributed by atoms with E-state index in [1.165, 1.54) is 19.2 Å². The molecule has 2 rings (SSSR count). The summed E-state index contributed by atoms with van der Waals surface area (Å²) in [5.74, 6) is -1.13. The van der Waals surface area contributed by atoms with Gasteiger partial charge in [-0.1, -0.05) is 42.5 Å². The molecule has 0 bridgehead atoms. The Morgan fingerprint density at radius 2 is 1.76 bits per heavy atom. The van der Waals surface area contributed by atoms with E-state index >= 15 is 0 Å². The van der Waals surface area contributed by atoms with E-state index in [1.54, 1.807) is 42.5 Å². The third-order valence-electron chi connectivity index (χ3n) is 3.13. The van der Waals surface area contributed by atoms with Crippen molar-refractivity contribution < 1.29 is 18.7 Å². The Morgan fingerprint density at radius 1 is 1.14 bits per heavy atom. The van der Waals surface area contributed by atoms with Crippen LogP contribution in [0.5, 0.6) is 5.75 Å². The van der Waals surface area contributed by atoms with Crippen LogP contribution in [0.25, 0.3) is 0 Å². The zero-order valence-corrected chi connectivity index (χ0v) is 11.6. The van der Waals surface area contributed by atoms with Gasteiger partial charge in [0.2, 0.25) is 0 Å². The van der Waals surface area contributed by atoms with E-state index in [2.05, 4.69) is 0 Å². The van der Waals surface area contributed by atoms with Crippen LogP contribution < -0.4 is 10.5 Å². The fourth-order valence-corrected chi connectivity index (χ4v) is 1.93. The van der Waals surface area contributed by atoms with Crippen molar-refractivity contribution in [2.75, 3.05) is 13.7 Å². The minimum absolute atomic E-state index is 0.0344. The zero-order valence-electron chi connectivity index (χ0n) is 11.6. The van der Waals surface area contributed by atoms with Gasteiger partial charge in [0.1, 0.15) is 6.61 Å². The third kappa shape index (κ3) is 3.20. The Balaban J connectivity index is 2.26. The maximum absolute atomic E-state index is 13.6. The number of carbonyl (C=O) groups is 1. The molecule has 0 heterocycles. The Morgan fingerprint density at radius 3 is 2.38 bits per heavy atom. The second kappa shape index (κ2) is 6.37. The molecule has 0 aliphatic rings. The number of hydrogen-bond acceptors (Lipinski definition) is 4. The topological polar surface area (TPSA) is 61.5 Å². The number of esters is 1. The summed E-state index contributed by atoms with van der Waals surface area (Å²) < 4.78 is 23.7. The van der Waals surface area contributed by atoms with Gasteiger partial charge < -0.3 is 15.2 Å². The number of halogens is 1. The molecule has 110 valence electrons. The standard InChI is InChI=1S/C16H16FNO3/c1-20-15(19)16(18,12-7-3-2-4-8-12)11-21-14-10-6-5-9-13(14)17/h2-10H,11,18H2,1H3. The average molecular weight is 289 g/mol. The third-order valence-corrected chi connectivity index (χ3v) is 3.13. The number of carbonyl (C=O) groups excluding carboxylic acids is 1. The normalized spacial score (nSPS) is 13.3. The summed E-state index contributed by atoms with van der Waals surface area (Å²) in [7, 11) is 1.25. The first-order valence-corrected chi connectivity index (χ1v) is 6.38. The highest BCUT2D eigenvalue weighted by molar-refractivity contribution is 5.82. The van der Waals surface area contributed by atoms with Gasteiger partial charge in [0.25, 0.3) is 0 Å². The summed E-state index contributed by atoms with van der Waals surface area (Å²) in [5.41, 5.74) is 5.18. The smallest absolute Gasteiger partial charge is 0.334 e. The fraction of sp³-hybridized carbons (Fsp3) is 0.188. The largest absolute Gasteiger partial charge is 0.488 e. The molecule has 1 atom stereocenters. The van der Waals surface area contributed by atoms with Crippen molar-refractivity contribution >= 4 is 5.97 Å². The highest BCUT2D eigenvalue weighted by Crippen LogP contribution is 2.23. The van der Waals surface area contributed by atoms with Crippen molar-refractivity contribution in [3.8, 4) is 5.75 Å². The molecular weight excluding hydrogens is 273 g/mol. The number of nitrogens with two attached hydrogens (primary N) is 1. The molecule has 5 heteroatoms. The molecule has 0 saturated carbocycles. The molecule has 0 spiro atoms. The second-order valence-corrected chi connectivity index (χ2v) is 4.55. The van der Waals surface area contributed by atoms with Crippen LogP contribution in [0.2, 0.25) is 0 Å². The summed E-state index contributed by atoms with van der Waals surface area (Å²) >= 11 is 0. The van der Waals surface area contributed by atoms with Crippen LogP contribution in [-0.4, -0.2) is 19.7 Å². The predicted molar refractivity (Wildman–Crippen MR) is 76.2 cm³/mol. The molecule has 0 radical (unpaired) electrons. The lowest BCUT2D eigenvalue weighted by atomic mass is 9.92. The van der Waals surface area contributed by atoms with Gasteiger partial charge in [-0.15, -0.1) is 0 Å². The molecule has 2 N–H and O–H groups in total. The molecule has 0 aliphatic heterocycles. The number of rotatable bonds is 5.